The molecule has 1 aromatic heterocycles. The van der Waals surface area contributed by atoms with Crippen molar-refractivity contribution in [1.29, 1.82) is 0 Å². The maximum Gasteiger partial charge on any atom is 0.389 e. The molecular weight excluding hydrogens is 469 g/mol. The molecule has 190 valence electrons. The fourth-order valence-corrected chi connectivity index (χ4v) is 4.19. The molecule has 8 heteroatoms. The van der Waals surface area contributed by atoms with E-state index >= 15 is 0 Å². The maximum atomic E-state index is 12.8. The summed E-state index contributed by atoms with van der Waals surface area (Å²) in [4.78, 5) is 27.6. The number of unbranched alkanes of at least 4 members (excludes halogenated alkanes) is 2. The van der Waals surface area contributed by atoms with Crippen LogP contribution in [0.4, 0.5) is 13.2 Å². The number of nitrogens with one attached hydrogen (secondary N) is 1. The van der Waals surface area contributed by atoms with Gasteiger partial charge in [0.1, 0.15) is 11.3 Å². The van der Waals surface area contributed by atoms with E-state index in [0.29, 0.717) is 42.0 Å². The van der Waals surface area contributed by atoms with Gasteiger partial charge < -0.3 is 15.5 Å². The van der Waals surface area contributed by atoms with Crippen LogP contribution in [0.2, 0.25) is 0 Å². The largest absolute Gasteiger partial charge is 0.494 e. The van der Waals surface area contributed by atoms with Gasteiger partial charge in [0.05, 0.1) is 6.61 Å². The number of ether oxygens (including phenoxy) is 1. The second kappa shape index (κ2) is 11.0. The highest BCUT2D eigenvalue weighted by Crippen LogP contribution is 2.33. The third-order valence-corrected chi connectivity index (χ3v) is 6.30. The number of alkyl halides is 3. The Bertz CT molecular complexity index is 1250. The Kier molecular flexibility index (Phi) is 7.82. The lowest BCUT2D eigenvalue weighted by Gasteiger charge is -2.12. The van der Waals surface area contributed by atoms with E-state index in [1.165, 1.54) is 18.4 Å². The average molecular weight is 499 g/mol. The van der Waals surface area contributed by atoms with Gasteiger partial charge in [-0.25, -0.2) is 0 Å². The van der Waals surface area contributed by atoms with E-state index < -0.39 is 24.1 Å². The Balaban J connectivity index is 1.46. The lowest BCUT2D eigenvalue weighted by molar-refractivity contribution is -0.135. The lowest BCUT2D eigenvalue weighted by atomic mass is 9.96. The van der Waals surface area contributed by atoms with Crippen molar-refractivity contribution in [2.24, 2.45) is 11.7 Å². The Hall–Kier alpha value is -3.55. The number of amides is 1. The van der Waals surface area contributed by atoms with E-state index in [-0.39, 0.29) is 12.0 Å². The minimum atomic E-state index is -4.12. The first kappa shape index (κ1) is 25.5. The van der Waals surface area contributed by atoms with Gasteiger partial charge in [0.15, 0.2) is 0 Å². The standard InChI is InChI=1S/C28H29F3N2O3/c29-28(30,31)14-2-1-3-15-36-22-12-10-21(11-13-22)24-17-23(25(26(32)34)27(35)33-24)20-8-6-19(7-9-20)16-18-4-5-18/h6-13,17-18H,1-5,14-16H2,(H2,32,34)(H,33,35). The summed E-state index contributed by atoms with van der Waals surface area (Å²) in [5.74, 6) is 0.542. The molecule has 5 nitrogen and oxygen atoms in total. The molecule has 3 aromatic rings. The molecule has 0 aliphatic heterocycles. The zero-order chi connectivity index (χ0) is 25.7. The molecule has 1 aliphatic carbocycles. The summed E-state index contributed by atoms with van der Waals surface area (Å²) in [7, 11) is 0. The molecule has 1 fully saturated rings. The molecule has 36 heavy (non-hydrogen) atoms. The number of primary amides is 1. The molecule has 4 rings (SSSR count). The van der Waals surface area contributed by atoms with E-state index in [9.17, 15) is 22.8 Å². The monoisotopic (exact) mass is 498 g/mol. The maximum absolute atomic E-state index is 12.8. The zero-order valence-electron chi connectivity index (χ0n) is 19.9. The second-order valence-corrected chi connectivity index (χ2v) is 9.31. The van der Waals surface area contributed by atoms with Crippen LogP contribution in [0.1, 0.15) is 54.4 Å². The summed E-state index contributed by atoms with van der Waals surface area (Å²) in [6.07, 6.45) is -0.281. The lowest BCUT2D eigenvalue weighted by Crippen LogP contribution is -2.25. The van der Waals surface area contributed by atoms with Gasteiger partial charge in [0.2, 0.25) is 0 Å². The first-order valence-corrected chi connectivity index (χ1v) is 12.2. The number of nitrogens with two attached hydrogens (primary N) is 1. The number of carbonyl (C=O) groups excluding carboxylic acids is 1. The number of aromatic amines is 1. The number of rotatable bonds is 11. The van der Waals surface area contributed by atoms with Crippen LogP contribution in [-0.2, 0) is 6.42 Å². The minimum Gasteiger partial charge on any atom is -0.494 e. The van der Waals surface area contributed by atoms with E-state index in [0.717, 1.165) is 17.9 Å². The van der Waals surface area contributed by atoms with Crippen LogP contribution >= 0.6 is 0 Å². The summed E-state index contributed by atoms with van der Waals surface area (Å²) in [6.45, 7) is 0.322. The summed E-state index contributed by atoms with van der Waals surface area (Å²) < 4.78 is 42.2. The Morgan fingerprint density at radius 3 is 2.25 bits per heavy atom. The molecule has 1 saturated carbocycles. The molecule has 0 radical (unpaired) electrons. The van der Waals surface area contributed by atoms with Crippen molar-refractivity contribution in [3.05, 3.63) is 76.1 Å². The van der Waals surface area contributed by atoms with E-state index in [4.69, 9.17) is 10.5 Å². The second-order valence-electron chi connectivity index (χ2n) is 9.31. The van der Waals surface area contributed by atoms with Crippen molar-refractivity contribution < 1.29 is 22.7 Å². The Morgan fingerprint density at radius 2 is 1.64 bits per heavy atom. The van der Waals surface area contributed by atoms with Crippen LogP contribution in [0, 0.1) is 5.92 Å². The van der Waals surface area contributed by atoms with Gasteiger partial charge in [-0.2, -0.15) is 13.2 Å². The third kappa shape index (κ3) is 6.99. The molecular formula is C28H29F3N2O3. The summed E-state index contributed by atoms with van der Waals surface area (Å²) in [6, 6.07) is 16.6. The molecule has 2 aromatic carbocycles. The van der Waals surface area contributed by atoms with Gasteiger partial charge in [-0.1, -0.05) is 24.3 Å². The number of aromatic nitrogens is 1. The van der Waals surface area contributed by atoms with Gasteiger partial charge >= 0.3 is 6.18 Å². The highest BCUT2D eigenvalue weighted by Gasteiger charge is 2.25. The SMILES string of the molecule is NC(=O)c1c(-c2ccc(CC3CC3)cc2)cc(-c2ccc(OCCCCCC(F)(F)F)cc2)[nH]c1=O. The van der Waals surface area contributed by atoms with Crippen LogP contribution in [0.15, 0.2) is 59.4 Å². The van der Waals surface area contributed by atoms with Crippen molar-refractivity contribution in [3.8, 4) is 28.1 Å². The van der Waals surface area contributed by atoms with Crippen LogP contribution in [0.5, 0.6) is 5.75 Å². The molecule has 0 atom stereocenters. The smallest absolute Gasteiger partial charge is 0.389 e. The van der Waals surface area contributed by atoms with Crippen molar-refractivity contribution in [1.82, 2.24) is 4.98 Å². The number of carbonyl (C=O) groups is 1. The van der Waals surface area contributed by atoms with Crippen molar-refractivity contribution in [2.75, 3.05) is 6.61 Å². The Morgan fingerprint density at radius 1 is 0.972 bits per heavy atom. The molecule has 1 heterocycles. The van der Waals surface area contributed by atoms with Crippen molar-refractivity contribution in [3.63, 3.8) is 0 Å². The topological polar surface area (TPSA) is 85.2 Å². The molecule has 0 spiro atoms. The zero-order valence-corrected chi connectivity index (χ0v) is 19.9. The van der Waals surface area contributed by atoms with Gasteiger partial charge in [-0.05, 0) is 91.5 Å². The predicted molar refractivity (Wildman–Crippen MR) is 133 cm³/mol. The molecule has 0 bridgehead atoms. The quantitative estimate of drug-likeness (QED) is 0.306. The van der Waals surface area contributed by atoms with Gasteiger partial charge in [0.25, 0.3) is 11.5 Å². The van der Waals surface area contributed by atoms with E-state index in [1.54, 1.807) is 30.3 Å². The molecule has 3 N–H and O–H groups in total. The number of hydrogen-bond acceptors (Lipinski definition) is 3. The highest BCUT2D eigenvalue weighted by atomic mass is 19.4. The van der Waals surface area contributed by atoms with Gasteiger partial charge in [-0.15, -0.1) is 0 Å². The first-order valence-electron chi connectivity index (χ1n) is 12.2. The van der Waals surface area contributed by atoms with Crippen molar-refractivity contribution >= 4 is 5.91 Å². The first-order chi connectivity index (χ1) is 17.2. The normalized spacial score (nSPS) is 13.5. The molecule has 1 aliphatic rings. The molecule has 1 amide bonds. The van der Waals surface area contributed by atoms with Crippen LogP contribution in [0.25, 0.3) is 22.4 Å². The number of benzene rings is 2. The predicted octanol–water partition coefficient (Wildman–Crippen LogP) is 6.26. The minimum absolute atomic E-state index is 0.0841. The number of hydrogen-bond donors (Lipinski definition) is 2. The van der Waals surface area contributed by atoms with Crippen LogP contribution in [-0.4, -0.2) is 23.7 Å². The molecule has 0 saturated heterocycles. The van der Waals surface area contributed by atoms with E-state index in [2.05, 4.69) is 4.98 Å². The number of halogens is 3. The van der Waals surface area contributed by atoms with Crippen LogP contribution in [0.3, 0.4) is 0 Å². The van der Waals surface area contributed by atoms with Gasteiger partial charge in [0, 0.05) is 17.7 Å². The summed E-state index contributed by atoms with van der Waals surface area (Å²) in [5.41, 5.74) is 8.57. The van der Waals surface area contributed by atoms with Gasteiger partial charge in [-0.3, -0.25) is 9.59 Å². The molecule has 0 unspecified atom stereocenters. The Labute approximate surface area is 207 Å². The number of pyridine rings is 1. The average Bonchev–Trinajstić information content (AvgIpc) is 3.65. The third-order valence-electron chi connectivity index (χ3n) is 6.30. The number of H-pyrrole nitrogens is 1. The van der Waals surface area contributed by atoms with E-state index in [1.807, 2.05) is 24.3 Å². The summed E-state index contributed by atoms with van der Waals surface area (Å²) >= 11 is 0. The fraction of sp³-hybridized carbons (Fsp3) is 0.357. The summed E-state index contributed by atoms with van der Waals surface area (Å²) in [5, 5.41) is 0. The fourth-order valence-electron chi connectivity index (χ4n) is 4.19. The highest BCUT2D eigenvalue weighted by molar-refractivity contribution is 6.00. The van der Waals surface area contributed by atoms with Crippen molar-refractivity contribution in [2.45, 2.75) is 51.1 Å². The van der Waals surface area contributed by atoms with Crippen LogP contribution < -0.4 is 16.0 Å².